The highest BCUT2D eigenvalue weighted by Gasteiger charge is 2.28. The van der Waals surface area contributed by atoms with Crippen molar-refractivity contribution < 1.29 is 0 Å². The van der Waals surface area contributed by atoms with Crippen LogP contribution in [0.2, 0.25) is 0 Å². The Bertz CT molecular complexity index is 300. The summed E-state index contributed by atoms with van der Waals surface area (Å²) in [5, 5.41) is 14.9. The molecule has 1 aliphatic rings. The van der Waals surface area contributed by atoms with Gasteiger partial charge in [0.25, 0.3) is 0 Å². The topological polar surface area (TPSA) is 49.8 Å². The Morgan fingerprint density at radius 3 is 2.86 bits per heavy atom. The highest BCUT2D eigenvalue weighted by molar-refractivity contribution is 5.37. The fraction of sp³-hybridized carbons (Fsp3) is 0.600. The zero-order valence-corrected chi connectivity index (χ0v) is 8.67. The van der Waals surface area contributed by atoms with Gasteiger partial charge in [-0.05, 0) is 38.9 Å². The van der Waals surface area contributed by atoms with E-state index in [4.69, 9.17) is 0 Å². The number of hydrogen-bond acceptors (Lipinski definition) is 4. The largest absolute Gasteiger partial charge is 0.362 e. The Labute approximate surface area is 84.1 Å². The molecule has 4 nitrogen and oxygen atoms in total. The molecule has 0 bridgehead atoms. The van der Waals surface area contributed by atoms with Crippen LogP contribution in [0.4, 0.5) is 5.82 Å². The number of aromatic nitrogens is 2. The fourth-order valence-electron chi connectivity index (χ4n) is 1.70. The third-order valence-corrected chi connectivity index (χ3v) is 2.60. The molecule has 2 N–H and O–H groups in total. The van der Waals surface area contributed by atoms with E-state index in [1.165, 1.54) is 0 Å². The molecule has 0 aliphatic carbocycles. The smallest absolute Gasteiger partial charge is 0.149 e. The van der Waals surface area contributed by atoms with Gasteiger partial charge in [0.2, 0.25) is 0 Å². The number of rotatable bonds is 2. The molecule has 14 heavy (non-hydrogen) atoms. The maximum absolute atomic E-state index is 4.10. The normalized spacial score (nSPS) is 26.4. The van der Waals surface area contributed by atoms with Crippen LogP contribution in [-0.2, 0) is 0 Å². The summed E-state index contributed by atoms with van der Waals surface area (Å²) in [4.78, 5) is 0. The molecule has 0 radical (unpaired) electrons. The van der Waals surface area contributed by atoms with Crippen molar-refractivity contribution in [3.63, 3.8) is 0 Å². The quantitative estimate of drug-likeness (QED) is 0.732. The molecule has 0 saturated carbocycles. The van der Waals surface area contributed by atoms with Crippen LogP contribution in [0.3, 0.4) is 0 Å². The number of nitrogens with one attached hydrogen (secondary N) is 2. The molecule has 2 rings (SSSR count). The summed E-state index contributed by atoms with van der Waals surface area (Å²) < 4.78 is 0. The Balaban J connectivity index is 2.06. The molecular weight excluding hydrogens is 176 g/mol. The maximum Gasteiger partial charge on any atom is 0.149 e. The van der Waals surface area contributed by atoms with Crippen molar-refractivity contribution in [2.75, 3.05) is 18.4 Å². The second kappa shape index (κ2) is 3.53. The lowest BCUT2D eigenvalue weighted by Crippen LogP contribution is -2.37. The van der Waals surface area contributed by atoms with Gasteiger partial charge in [0.05, 0.1) is 5.69 Å². The minimum Gasteiger partial charge on any atom is -0.362 e. The van der Waals surface area contributed by atoms with E-state index in [0.29, 0.717) is 0 Å². The summed E-state index contributed by atoms with van der Waals surface area (Å²) in [7, 11) is 0. The minimum atomic E-state index is 0.129. The molecule has 0 spiro atoms. The Morgan fingerprint density at radius 1 is 1.43 bits per heavy atom. The lowest BCUT2D eigenvalue weighted by Gasteiger charge is -2.24. The highest BCUT2D eigenvalue weighted by atomic mass is 15.2. The van der Waals surface area contributed by atoms with Crippen LogP contribution in [0.5, 0.6) is 0 Å². The van der Waals surface area contributed by atoms with Crippen LogP contribution in [0.25, 0.3) is 0 Å². The third-order valence-electron chi connectivity index (χ3n) is 2.60. The van der Waals surface area contributed by atoms with Gasteiger partial charge in [0, 0.05) is 12.1 Å². The van der Waals surface area contributed by atoms with Crippen molar-refractivity contribution >= 4 is 5.82 Å². The number of anilines is 1. The Kier molecular flexibility index (Phi) is 2.37. The SMILES string of the molecule is Cc1ccc(NC2(C)CCNC2)nn1. The Morgan fingerprint density at radius 2 is 2.29 bits per heavy atom. The van der Waals surface area contributed by atoms with E-state index in [1.807, 2.05) is 19.1 Å². The first-order valence-electron chi connectivity index (χ1n) is 4.97. The van der Waals surface area contributed by atoms with Crippen LogP contribution >= 0.6 is 0 Å². The summed E-state index contributed by atoms with van der Waals surface area (Å²) in [5.41, 5.74) is 1.08. The zero-order valence-electron chi connectivity index (χ0n) is 8.67. The molecule has 0 aromatic carbocycles. The molecule has 1 atom stereocenters. The lowest BCUT2D eigenvalue weighted by molar-refractivity contribution is 0.562. The van der Waals surface area contributed by atoms with E-state index in [2.05, 4.69) is 27.8 Å². The van der Waals surface area contributed by atoms with Gasteiger partial charge in [-0.15, -0.1) is 5.10 Å². The van der Waals surface area contributed by atoms with Gasteiger partial charge in [-0.1, -0.05) is 0 Å². The van der Waals surface area contributed by atoms with E-state index in [0.717, 1.165) is 31.0 Å². The molecule has 1 fully saturated rings. The first-order valence-corrected chi connectivity index (χ1v) is 4.97. The molecular formula is C10H16N4. The highest BCUT2D eigenvalue weighted by Crippen LogP contribution is 2.18. The molecule has 4 heteroatoms. The summed E-state index contributed by atoms with van der Waals surface area (Å²) >= 11 is 0. The second-order valence-corrected chi connectivity index (χ2v) is 4.17. The number of hydrogen-bond donors (Lipinski definition) is 2. The summed E-state index contributed by atoms with van der Waals surface area (Å²) in [6.45, 7) is 6.20. The average Bonchev–Trinajstić information content (AvgIpc) is 2.57. The standard InChI is InChI=1S/C10H16N4/c1-8-3-4-9(14-13-8)12-10(2)5-6-11-7-10/h3-4,11H,5-7H2,1-2H3,(H,12,14). The predicted molar refractivity (Wildman–Crippen MR) is 56.3 cm³/mol. The van der Waals surface area contributed by atoms with E-state index < -0.39 is 0 Å². The van der Waals surface area contributed by atoms with Gasteiger partial charge in [-0.3, -0.25) is 0 Å². The number of nitrogens with zero attached hydrogens (tertiary/aromatic N) is 2. The molecule has 1 unspecified atom stereocenters. The van der Waals surface area contributed by atoms with E-state index in [9.17, 15) is 0 Å². The predicted octanol–water partition coefficient (Wildman–Crippen LogP) is 0.949. The summed E-state index contributed by atoms with van der Waals surface area (Å²) in [5.74, 6) is 0.863. The lowest BCUT2D eigenvalue weighted by atomic mass is 10.0. The molecule has 1 aromatic heterocycles. The van der Waals surface area contributed by atoms with Crippen LogP contribution in [0, 0.1) is 6.92 Å². The molecule has 76 valence electrons. The molecule has 1 saturated heterocycles. The van der Waals surface area contributed by atoms with Gasteiger partial charge in [-0.2, -0.15) is 5.10 Å². The minimum absolute atomic E-state index is 0.129. The van der Waals surface area contributed by atoms with Gasteiger partial charge in [0.15, 0.2) is 0 Å². The first kappa shape index (κ1) is 9.40. The van der Waals surface area contributed by atoms with Gasteiger partial charge in [-0.25, -0.2) is 0 Å². The number of aryl methyl sites for hydroxylation is 1. The van der Waals surface area contributed by atoms with E-state index in [-0.39, 0.29) is 5.54 Å². The monoisotopic (exact) mass is 192 g/mol. The summed E-state index contributed by atoms with van der Waals surface area (Å²) in [6, 6.07) is 3.95. The van der Waals surface area contributed by atoms with Gasteiger partial charge in [0.1, 0.15) is 5.82 Å². The van der Waals surface area contributed by atoms with Crippen molar-refractivity contribution in [3.05, 3.63) is 17.8 Å². The van der Waals surface area contributed by atoms with Crippen LogP contribution in [0.1, 0.15) is 19.0 Å². The average molecular weight is 192 g/mol. The maximum atomic E-state index is 4.10. The fourth-order valence-corrected chi connectivity index (χ4v) is 1.70. The molecule has 1 aromatic rings. The molecule has 1 aliphatic heterocycles. The van der Waals surface area contributed by atoms with Crippen LogP contribution in [0.15, 0.2) is 12.1 Å². The van der Waals surface area contributed by atoms with Crippen LogP contribution < -0.4 is 10.6 Å². The van der Waals surface area contributed by atoms with Crippen molar-refractivity contribution in [3.8, 4) is 0 Å². The van der Waals surface area contributed by atoms with Gasteiger partial charge >= 0.3 is 0 Å². The molecule has 2 heterocycles. The van der Waals surface area contributed by atoms with Crippen molar-refractivity contribution in [1.29, 1.82) is 0 Å². The van der Waals surface area contributed by atoms with Gasteiger partial charge < -0.3 is 10.6 Å². The second-order valence-electron chi connectivity index (χ2n) is 4.17. The Hall–Kier alpha value is -1.16. The van der Waals surface area contributed by atoms with Crippen molar-refractivity contribution in [2.24, 2.45) is 0 Å². The molecule has 0 amide bonds. The van der Waals surface area contributed by atoms with E-state index >= 15 is 0 Å². The van der Waals surface area contributed by atoms with Crippen molar-refractivity contribution in [1.82, 2.24) is 15.5 Å². The van der Waals surface area contributed by atoms with E-state index in [1.54, 1.807) is 0 Å². The zero-order chi connectivity index (χ0) is 10.0. The summed E-state index contributed by atoms with van der Waals surface area (Å²) in [6.07, 6.45) is 1.13. The van der Waals surface area contributed by atoms with Crippen molar-refractivity contribution in [2.45, 2.75) is 25.8 Å². The third kappa shape index (κ3) is 2.01. The van der Waals surface area contributed by atoms with Crippen LogP contribution in [-0.4, -0.2) is 28.8 Å². The first-order chi connectivity index (χ1) is 6.68.